The molecule has 0 bridgehead atoms. The second kappa shape index (κ2) is 5.41. The number of halogens is 4. The zero-order chi connectivity index (χ0) is 17.8. The van der Waals surface area contributed by atoms with Crippen molar-refractivity contribution in [2.75, 3.05) is 0 Å². The van der Waals surface area contributed by atoms with E-state index >= 15 is 0 Å². The third-order valence-electron chi connectivity index (χ3n) is 3.82. The molecule has 0 fully saturated rings. The van der Waals surface area contributed by atoms with Crippen LogP contribution in [0.1, 0.15) is 17.2 Å². The van der Waals surface area contributed by atoms with Crippen LogP contribution in [0.4, 0.5) is 13.2 Å². The summed E-state index contributed by atoms with van der Waals surface area (Å²) in [6.07, 6.45) is -3.10. The fraction of sp³-hybridized carbons (Fsp3) is 0.200. The summed E-state index contributed by atoms with van der Waals surface area (Å²) >= 11 is 5.76. The van der Waals surface area contributed by atoms with Gasteiger partial charge in [0.25, 0.3) is 0 Å². The van der Waals surface area contributed by atoms with Crippen LogP contribution in [0.2, 0.25) is 5.02 Å². The Morgan fingerprint density at radius 3 is 2.64 bits per heavy atom. The zero-order valence-corrected chi connectivity index (χ0v) is 13.5. The van der Waals surface area contributed by atoms with Crippen molar-refractivity contribution in [1.29, 1.82) is 0 Å². The van der Waals surface area contributed by atoms with E-state index in [1.165, 1.54) is 17.8 Å². The van der Waals surface area contributed by atoms with Gasteiger partial charge in [-0.25, -0.2) is 14.5 Å². The molecule has 0 atom stereocenters. The van der Waals surface area contributed by atoms with Crippen molar-refractivity contribution in [3.63, 3.8) is 0 Å². The lowest BCUT2D eigenvalue weighted by atomic mass is 10.2. The number of hydrogen-bond acceptors (Lipinski definition) is 4. The van der Waals surface area contributed by atoms with Gasteiger partial charge in [-0.3, -0.25) is 4.68 Å². The van der Waals surface area contributed by atoms with E-state index in [2.05, 4.69) is 20.2 Å². The standard InChI is InChI=1S/C15H10ClF3N6/c1-8-12(16)13(15(17,18)19)23-24(8)6-11-21-14-9-4-2-3-5-10(9)20-7-25(14)22-11/h2-5,7H,6H2,1H3. The summed E-state index contributed by atoms with van der Waals surface area (Å²) in [5, 5.41) is 8.21. The van der Waals surface area contributed by atoms with E-state index in [0.29, 0.717) is 11.5 Å². The van der Waals surface area contributed by atoms with Crippen LogP contribution >= 0.6 is 11.6 Å². The number of aromatic nitrogens is 6. The molecule has 0 aliphatic carbocycles. The minimum absolute atomic E-state index is 0.0301. The van der Waals surface area contributed by atoms with Gasteiger partial charge in [-0.1, -0.05) is 23.7 Å². The summed E-state index contributed by atoms with van der Waals surface area (Å²) in [6.45, 7) is 1.44. The Balaban J connectivity index is 1.78. The Morgan fingerprint density at radius 2 is 1.92 bits per heavy atom. The topological polar surface area (TPSA) is 60.9 Å². The van der Waals surface area contributed by atoms with Crippen LogP contribution in [-0.4, -0.2) is 29.4 Å². The van der Waals surface area contributed by atoms with Crippen LogP contribution in [0.25, 0.3) is 16.6 Å². The lowest BCUT2D eigenvalue weighted by Gasteiger charge is -2.01. The maximum absolute atomic E-state index is 12.9. The maximum atomic E-state index is 12.9. The van der Waals surface area contributed by atoms with Gasteiger partial charge in [0.2, 0.25) is 0 Å². The number of rotatable bonds is 2. The minimum Gasteiger partial charge on any atom is -0.260 e. The van der Waals surface area contributed by atoms with Crippen molar-refractivity contribution in [1.82, 2.24) is 29.4 Å². The number of hydrogen-bond donors (Lipinski definition) is 0. The predicted octanol–water partition coefficient (Wildman–Crippen LogP) is 3.50. The quantitative estimate of drug-likeness (QED) is 0.544. The number of fused-ring (bicyclic) bond motifs is 3. The number of para-hydroxylation sites is 1. The molecule has 0 unspecified atom stereocenters. The summed E-state index contributed by atoms with van der Waals surface area (Å²) in [5.74, 6) is 0.314. The summed E-state index contributed by atoms with van der Waals surface area (Å²) in [6, 6.07) is 7.41. The van der Waals surface area contributed by atoms with Gasteiger partial charge >= 0.3 is 6.18 Å². The Kier molecular flexibility index (Phi) is 3.43. The van der Waals surface area contributed by atoms with Crippen molar-refractivity contribution in [2.24, 2.45) is 0 Å². The molecule has 10 heteroatoms. The first-order valence-corrected chi connectivity index (χ1v) is 7.61. The summed E-state index contributed by atoms with van der Waals surface area (Å²) in [5.41, 5.74) is 0.428. The third kappa shape index (κ3) is 2.60. The van der Waals surface area contributed by atoms with Crippen LogP contribution in [-0.2, 0) is 12.7 Å². The van der Waals surface area contributed by atoms with Crippen LogP contribution in [0.5, 0.6) is 0 Å². The van der Waals surface area contributed by atoms with Crippen LogP contribution in [0, 0.1) is 6.92 Å². The van der Waals surface area contributed by atoms with E-state index in [1.54, 1.807) is 0 Å². The fourth-order valence-corrected chi connectivity index (χ4v) is 2.83. The van der Waals surface area contributed by atoms with Gasteiger partial charge in [0.15, 0.2) is 17.2 Å². The monoisotopic (exact) mass is 366 g/mol. The largest absolute Gasteiger partial charge is 0.436 e. The molecule has 3 aromatic heterocycles. The van der Waals surface area contributed by atoms with Crippen molar-refractivity contribution in [3.8, 4) is 0 Å². The van der Waals surface area contributed by atoms with Crippen molar-refractivity contribution < 1.29 is 13.2 Å². The Hall–Kier alpha value is -2.68. The molecule has 0 spiro atoms. The Bertz CT molecular complexity index is 1100. The van der Waals surface area contributed by atoms with Gasteiger partial charge in [-0.15, -0.1) is 5.10 Å². The fourth-order valence-electron chi connectivity index (χ4n) is 2.58. The van der Waals surface area contributed by atoms with E-state index in [0.717, 1.165) is 15.6 Å². The predicted molar refractivity (Wildman–Crippen MR) is 84.4 cm³/mol. The lowest BCUT2D eigenvalue weighted by Crippen LogP contribution is -2.10. The molecule has 0 aliphatic rings. The molecule has 1 aromatic carbocycles. The molecule has 0 saturated carbocycles. The zero-order valence-electron chi connectivity index (χ0n) is 12.8. The highest BCUT2D eigenvalue weighted by atomic mass is 35.5. The van der Waals surface area contributed by atoms with Gasteiger partial charge in [0.1, 0.15) is 12.9 Å². The second-order valence-electron chi connectivity index (χ2n) is 5.46. The van der Waals surface area contributed by atoms with Gasteiger partial charge in [0.05, 0.1) is 16.2 Å². The maximum Gasteiger partial charge on any atom is 0.436 e. The van der Waals surface area contributed by atoms with E-state index in [-0.39, 0.29) is 12.2 Å². The van der Waals surface area contributed by atoms with Crippen molar-refractivity contribution in [2.45, 2.75) is 19.6 Å². The van der Waals surface area contributed by atoms with Crippen LogP contribution < -0.4 is 0 Å². The molecule has 4 aromatic rings. The molecule has 4 rings (SSSR count). The smallest absolute Gasteiger partial charge is 0.260 e. The van der Waals surface area contributed by atoms with Crippen molar-refractivity contribution in [3.05, 3.63) is 52.8 Å². The molecule has 25 heavy (non-hydrogen) atoms. The average Bonchev–Trinajstić information content (AvgIpc) is 3.10. The molecule has 128 valence electrons. The van der Waals surface area contributed by atoms with E-state index in [4.69, 9.17) is 11.6 Å². The van der Waals surface area contributed by atoms with E-state index in [1.807, 2.05) is 24.3 Å². The van der Waals surface area contributed by atoms with Gasteiger partial charge < -0.3 is 0 Å². The first-order chi connectivity index (χ1) is 11.8. The second-order valence-corrected chi connectivity index (χ2v) is 5.84. The van der Waals surface area contributed by atoms with Crippen LogP contribution in [0.15, 0.2) is 30.6 Å². The summed E-state index contributed by atoms with van der Waals surface area (Å²) < 4.78 is 41.4. The lowest BCUT2D eigenvalue weighted by molar-refractivity contribution is -0.141. The molecule has 0 amide bonds. The van der Waals surface area contributed by atoms with E-state index in [9.17, 15) is 13.2 Å². The molecule has 6 nitrogen and oxygen atoms in total. The normalized spacial score (nSPS) is 12.4. The van der Waals surface area contributed by atoms with Gasteiger partial charge in [0, 0.05) is 5.39 Å². The number of nitrogens with zero attached hydrogens (tertiary/aromatic N) is 6. The Morgan fingerprint density at radius 1 is 1.16 bits per heavy atom. The molecule has 3 heterocycles. The molecular weight excluding hydrogens is 357 g/mol. The molecule has 0 radical (unpaired) electrons. The van der Waals surface area contributed by atoms with Gasteiger partial charge in [-0.2, -0.15) is 18.3 Å². The number of alkyl halides is 3. The van der Waals surface area contributed by atoms with Crippen molar-refractivity contribution >= 4 is 28.2 Å². The minimum atomic E-state index is -4.61. The Labute approximate surface area is 143 Å². The average molecular weight is 367 g/mol. The molecule has 0 aliphatic heterocycles. The SMILES string of the molecule is Cc1c(Cl)c(C(F)(F)F)nn1Cc1nc2c3ccccc3ncn2n1. The highest BCUT2D eigenvalue weighted by molar-refractivity contribution is 6.31. The van der Waals surface area contributed by atoms with Crippen LogP contribution in [0.3, 0.4) is 0 Å². The molecule has 0 N–H and O–H groups in total. The van der Waals surface area contributed by atoms with E-state index < -0.39 is 16.9 Å². The number of benzene rings is 1. The third-order valence-corrected chi connectivity index (χ3v) is 4.27. The first kappa shape index (κ1) is 15.8. The molecule has 0 saturated heterocycles. The summed E-state index contributed by atoms with van der Waals surface area (Å²) in [7, 11) is 0. The highest BCUT2D eigenvalue weighted by Crippen LogP contribution is 2.35. The molecular formula is C15H10ClF3N6. The highest BCUT2D eigenvalue weighted by Gasteiger charge is 2.38. The van der Waals surface area contributed by atoms with Gasteiger partial charge in [-0.05, 0) is 19.1 Å². The summed E-state index contributed by atoms with van der Waals surface area (Å²) in [4.78, 5) is 8.67. The first-order valence-electron chi connectivity index (χ1n) is 7.23.